The molecule has 38 valence electrons. The van der Waals surface area contributed by atoms with Gasteiger partial charge in [0.15, 0.2) is 0 Å². The summed E-state index contributed by atoms with van der Waals surface area (Å²) in [5.41, 5.74) is 0. The molecule has 0 amide bonds. The molecule has 0 spiro atoms. The molecule has 4 nitrogen and oxygen atoms in total. The maximum atomic E-state index is 6.00. The molecular weight excluding hydrogens is 324 g/mol. The van der Waals surface area contributed by atoms with Crippen molar-refractivity contribution in [3.05, 3.63) is 0 Å². The van der Waals surface area contributed by atoms with Crippen LogP contribution in [0.2, 0.25) is 0 Å². The van der Waals surface area contributed by atoms with Gasteiger partial charge in [-0.3, -0.25) is 21.0 Å². The van der Waals surface area contributed by atoms with Crippen molar-refractivity contribution in [3.63, 3.8) is 0 Å². The normalized spacial score (nSPS) is 2.00. The van der Waals surface area contributed by atoms with Crippen LogP contribution in [-0.4, -0.2) is 47.2 Å². The predicted octanol–water partition coefficient (Wildman–Crippen LogP) is -0.348. The molecule has 0 aromatic rings. The second-order valence-corrected chi connectivity index (χ2v) is 0. The molecular formula is H4BiO4V. The van der Waals surface area contributed by atoms with Gasteiger partial charge in [-0.15, -0.1) is 0 Å². The van der Waals surface area contributed by atoms with Crippen LogP contribution in [0.15, 0.2) is 0 Å². The van der Waals surface area contributed by atoms with Gasteiger partial charge in [-0.2, -0.15) is 0 Å². The van der Waals surface area contributed by atoms with Crippen LogP contribution in [0.25, 0.3) is 0 Å². The third-order valence-electron chi connectivity index (χ3n) is 0. The van der Waals surface area contributed by atoms with Gasteiger partial charge >= 0.3 is 0 Å². The number of rotatable bonds is 0. The number of hydrogen-bond donors (Lipinski definition) is 4. The molecule has 0 saturated heterocycles. The first kappa shape index (κ1) is 26.6. The van der Waals surface area contributed by atoms with E-state index in [2.05, 4.69) is 0 Å². The minimum absolute atomic E-state index is 0. The predicted molar refractivity (Wildman–Crippen MR) is 16.3 cm³/mol. The molecule has 0 aliphatic carbocycles. The summed E-state index contributed by atoms with van der Waals surface area (Å²) in [5.74, 6) is 0. The molecule has 6 heteroatoms. The Morgan fingerprint density at radius 1 is 0.667 bits per heavy atom. The Bertz CT molecular complexity index is 7.51. The van der Waals surface area contributed by atoms with E-state index in [1.807, 2.05) is 0 Å². The van der Waals surface area contributed by atoms with Gasteiger partial charge in [0.2, 0.25) is 0 Å². The summed E-state index contributed by atoms with van der Waals surface area (Å²) >= 11 is 0. The fraction of sp³-hybridized carbons (Fsp3) is 0. The molecule has 4 radical (unpaired) electrons. The summed E-state index contributed by atoms with van der Waals surface area (Å²) in [6.07, 6.45) is 0. The van der Waals surface area contributed by atoms with E-state index in [9.17, 15) is 0 Å². The molecule has 0 saturated carbocycles. The van der Waals surface area contributed by atoms with Gasteiger partial charge in [0, 0.05) is 44.8 Å². The Hall–Kier alpha value is 1.31. The number of hydrogen-bond acceptors (Lipinski definition) is 4. The van der Waals surface area contributed by atoms with Crippen molar-refractivity contribution >= 4 is 26.2 Å². The Morgan fingerprint density at radius 2 is 0.667 bits per heavy atom. The molecule has 6 heavy (non-hydrogen) atoms. The topological polar surface area (TPSA) is 80.9 Å². The first-order valence-electron chi connectivity index (χ1n) is 0.400. The summed E-state index contributed by atoms with van der Waals surface area (Å²) < 4.78 is 0. The quantitative estimate of drug-likeness (QED) is 0.278. The fourth-order valence-electron chi connectivity index (χ4n) is 0. The zero-order chi connectivity index (χ0) is 4.00. The SMILES string of the molecule is OO.OO.[Bi].[V]. The van der Waals surface area contributed by atoms with Crippen LogP contribution in [0.3, 0.4) is 0 Å². The van der Waals surface area contributed by atoms with E-state index in [-0.39, 0.29) is 44.8 Å². The summed E-state index contributed by atoms with van der Waals surface area (Å²) in [6.45, 7) is 0. The van der Waals surface area contributed by atoms with E-state index in [1.165, 1.54) is 0 Å². The Morgan fingerprint density at radius 3 is 0.667 bits per heavy atom. The van der Waals surface area contributed by atoms with Crippen molar-refractivity contribution < 1.29 is 39.6 Å². The molecule has 4 N–H and O–H groups in total. The Balaban J connectivity index is -0.00000000500. The molecule has 0 bridgehead atoms. The van der Waals surface area contributed by atoms with Crippen molar-refractivity contribution in [2.45, 2.75) is 0 Å². The van der Waals surface area contributed by atoms with Gasteiger partial charge < -0.3 is 0 Å². The van der Waals surface area contributed by atoms with Gasteiger partial charge in [-0.1, -0.05) is 0 Å². The molecule has 0 atom stereocenters. The molecule has 0 aliphatic rings. The molecule has 0 rings (SSSR count). The fourth-order valence-corrected chi connectivity index (χ4v) is 0. The largest absolute Gasteiger partial charge is 0.255 e. The Labute approximate surface area is 65.7 Å². The standard InChI is InChI=1S/Bi.2H2O2.V/c;2*1-2;/h;2*1-2H;. The van der Waals surface area contributed by atoms with E-state index in [1.54, 1.807) is 0 Å². The van der Waals surface area contributed by atoms with Crippen LogP contribution in [0, 0.1) is 0 Å². The molecule has 0 aromatic carbocycles. The molecule has 0 aromatic heterocycles. The van der Waals surface area contributed by atoms with Crippen LogP contribution in [-0.2, 0) is 18.6 Å². The summed E-state index contributed by atoms with van der Waals surface area (Å²) in [7, 11) is 0. The van der Waals surface area contributed by atoms with E-state index >= 15 is 0 Å². The molecule has 0 unspecified atom stereocenters. The van der Waals surface area contributed by atoms with E-state index in [0.29, 0.717) is 0 Å². The molecule has 0 aliphatic heterocycles. The van der Waals surface area contributed by atoms with E-state index < -0.39 is 0 Å². The minimum Gasteiger partial charge on any atom is -0.255 e. The monoisotopic (exact) mass is 328 g/mol. The van der Waals surface area contributed by atoms with Gasteiger partial charge in [0.1, 0.15) is 0 Å². The average Bonchev–Trinajstić information content (AvgIpc) is 1.50. The van der Waals surface area contributed by atoms with Gasteiger partial charge in [0.25, 0.3) is 0 Å². The van der Waals surface area contributed by atoms with Crippen molar-refractivity contribution in [2.24, 2.45) is 0 Å². The third-order valence-corrected chi connectivity index (χ3v) is 0. The first-order valence-corrected chi connectivity index (χ1v) is 0.400. The van der Waals surface area contributed by atoms with Crippen molar-refractivity contribution in [1.29, 1.82) is 0 Å². The van der Waals surface area contributed by atoms with Crippen molar-refractivity contribution in [1.82, 2.24) is 0 Å². The van der Waals surface area contributed by atoms with Crippen LogP contribution >= 0.6 is 0 Å². The first-order chi connectivity index (χ1) is 2.00. The van der Waals surface area contributed by atoms with Crippen LogP contribution in [0.1, 0.15) is 0 Å². The van der Waals surface area contributed by atoms with Crippen molar-refractivity contribution in [3.8, 4) is 0 Å². The zero-order valence-electron chi connectivity index (χ0n) is 2.68. The van der Waals surface area contributed by atoms with Crippen LogP contribution in [0.5, 0.6) is 0 Å². The van der Waals surface area contributed by atoms with Crippen molar-refractivity contribution in [2.75, 3.05) is 0 Å². The smallest absolute Gasteiger partial charge is 0 e. The molecule has 0 heterocycles. The maximum absolute atomic E-state index is 6.00. The third kappa shape index (κ3) is 57.6. The van der Waals surface area contributed by atoms with Gasteiger partial charge in [-0.05, 0) is 0 Å². The second kappa shape index (κ2) is 104. The summed E-state index contributed by atoms with van der Waals surface area (Å²) in [5, 5.41) is 24.0. The molecule has 0 fully saturated rings. The van der Waals surface area contributed by atoms with Crippen LogP contribution in [0.4, 0.5) is 0 Å². The van der Waals surface area contributed by atoms with E-state index in [0.717, 1.165) is 0 Å². The summed E-state index contributed by atoms with van der Waals surface area (Å²) in [6, 6.07) is 0. The zero-order valence-corrected chi connectivity index (χ0v) is 7.56. The Kier molecular flexibility index (Phi) is 460. The van der Waals surface area contributed by atoms with E-state index in [4.69, 9.17) is 21.0 Å². The maximum Gasteiger partial charge on any atom is 0 e. The second-order valence-electron chi connectivity index (χ2n) is 0. The van der Waals surface area contributed by atoms with Gasteiger partial charge in [0.05, 0.1) is 0 Å². The minimum atomic E-state index is 0. The average molecular weight is 328 g/mol. The van der Waals surface area contributed by atoms with Gasteiger partial charge in [-0.25, -0.2) is 0 Å². The van der Waals surface area contributed by atoms with Crippen LogP contribution < -0.4 is 0 Å². The summed E-state index contributed by atoms with van der Waals surface area (Å²) in [4.78, 5) is 0.